The number of ether oxygens (including phenoxy) is 1. The van der Waals surface area contributed by atoms with Gasteiger partial charge in [0.2, 0.25) is 0 Å². The summed E-state index contributed by atoms with van der Waals surface area (Å²) in [7, 11) is 0. The molecule has 0 radical (unpaired) electrons. The normalized spacial score (nSPS) is 24.5. The highest BCUT2D eigenvalue weighted by Crippen LogP contribution is 2.19. The molecule has 1 heterocycles. The molecule has 1 aromatic rings. The molecule has 0 saturated carbocycles. The number of aliphatic carboxylic acids is 1. The fourth-order valence-corrected chi connectivity index (χ4v) is 1.82. The van der Waals surface area contributed by atoms with Crippen molar-refractivity contribution in [2.24, 2.45) is 0 Å². The summed E-state index contributed by atoms with van der Waals surface area (Å²) >= 11 is 0. The predicted octanol–water partition coefficient (Wildman–Crippen LogP) is 1.02. The van der Waals surface area contributed by atoms with Crippen molar-refractivity contribution in [2.75, 3.05) is 13.2 Å². The average Bonchev–Trinajstić information content (AvgIpc) is 2.78. The zero-order valence-corrected chi connectivity index (χ0v) is 8.98. The van der Waals surface area contributed by atoms with Gasteiger partial charge < -0.3 is 9.84 Å². The van der Waals surface area contributed by atoms with Gasteiger partial charge in [-0.3, -0.25) is 10.1 Å². The van der Waals surface area contributed by atoms with Crippen LogP contribution in [0.3, 0.4) is 0 Å². The predicted molar refractivity (Wildman–Crippen MR) is 59.1 cm³/mol. The maximum atomic E-state index is 11.2. The summed E-state index contributed by atoms with van der Waals surface area (Å²) in [4.78, 5) is 11.2. The van der Waals surface area contributed by atoms with Gasteiger partial charge in [0.15, 0.2) is 0 Å². The van der Waals surface area contributed by atoms with Crippen LogP contribution >= 0.6 is 0 Å². The summed E-state index contributed by atoms with van der Waals surface area (Å²) in [6.07, 6.45) is 0.523. The molecule has 0 unspecified atom stereocenters. The van der Waals surface area contributed by atoms with Gasteiger partial charge in [-0.2, -0.15) is 0 Å². The summed E-state index contributed by atoms with van der Waals surface area (Å²) in [5.74, 6) is -0.832. The molecule has 4 nitrogen and oxygen atoms in total. The Bertz CT molecular complexity index is 358. The highest BCUT2D eigenvalue weighted by atomic mass is 16.5. The van der Waals surface area contributed by atoms with Crippen LogP contribution in [0.15, 0.2) is 30.3 Å². The van der Waals surface area contributed by atoms with Crippen molar-refractivity contribution >= 4 is 5.97 Å². The lowest BCUT2D eigenvalue weighted by molar-refractivity contribution is -0.145. The van der Waals surface area contributed by atoms with E-state index >= 15 is 0 Å². The molecule has 1 aliphatic heterocycles. The zero-order valence-electron chi connectivity index (χ0n) is 8.98. The number of carboxylic acid groups (broad SMARTS) is 1. The van der Waals surface area contributed by atoms with Crippen molar-refractivity contribution < 1.29 is 14.6 Å². The molecule has 0 aromatic heterocycles. The smallest absolute Gasteiger partial charge is 0.326 e. The third kappa shape index (κ3) is 2.23. The molecule has 0 amide bonds. The topological polar surface area (TPSA) is 58.6 Å². The summed E-state index contributed by atoms with van der Waals surface area (Å²) in [5.41, 5.74) is 0.172. The maximum Gasteiger partial charge on any atom is 0.326 e. The number of carbonyl (C=O) groups is 1. The maximum absolute atomic E-state index is 11.2. The lowest BCUT2D eigenvalue weighted by Crippen LogP contribution is -2.52. The van der Waals surface area contributed by atoms with Gasteiger partial charge >= 0.3 is 5.97 Å². The molecule has 1 aliphatic rings. The van der Waals surface area contributed by atoms with Gasteiger partial charge in [0.1, 0.15) is 5.54 Å². The SMILES string of the molecule is O=C(O)[C@]1(NCc2ccccc2)CCOC1. The van der Waals surface area contributed by atoms with Crippen LogP contribution in [0.5, 0.6) is 0 Å². The van der Waals surface area contributed by atoms with E-state index in [1.54, 1.807) is 0 Å². The Morgan fingerprint density at radius 2 is 2.19 bits per heavy atom. The van der Waals surface area contributed by atoms with Gasteiger partial charge in [-0.1, -0.05) is 30.3 Å². The lowest BCUT2D eigenvalue weighted by Gasteiger charge is -2.23. The largest absolute Gasteiger partial charge is 0.480 e. The summed E-state index contributed by atoms with van der Waals surface area (Å²) in [6, 6.07) is 9.76. The Hall–Kier alpha value is -1.39. The lowest BCUT2D eigenvalue weighted by atomic mass is 9.98. The third-order valence-corrected chi connectivity index (χ3v) is 2.90. The molecule has 0 aliphatic carbocycles. The van der Waals surface area contributed by atoms with Crippen molar-refractivity contribution in [3.8, 4) is 0 Å². The average molecular weight is 221 g/mol. The minimum Gasteiger partial charge on any atom is -0.480 e. The number of nitrogens with one attached hydrogen (secondary N) is 1. The second-order valence-corrected chi connectivity index (χ2v) is 4.03. The van der Waals surface area contributed by atoms with Gasteiger partial charge in [-0.05, 0) is 5.56 Å². The first-order valence-electron chi connectivity index (χ1n) is 5.33. The molecule has 1 aromatic carbocycles. The van der Waals surface area contributed by atoms with Gasteiger partial charge in [0.05, 0.1) is 6.61 Å². The Morgan fingerprint density at radius 1 is 1.44 bits per heavy atom. The minimum atomic E-state index is -0.907. The van der Waals surface area contributed by atoms with Crippen molar-refractivity contribution in [2.45, 2.75) is 18.5 Å². The first-order valence-corrected chi connectivity index (χ1v) is 5.33. The summed E-state index contributed by atoms with van der Waals surface area (Å²) < 4.78 is 5.17. The van der Waals surface area contributed by atoms with Crippen LogP contribution in [-0.2, 0) is 16.1 Å². The van der Waals surface area contributed by atoms with Crippen LogP contribution in [0.4, 0.5) is 0 Å². The molecule has 0 bridgehead atoms. The van der Waals surface area contributed by atoms with Crippen LogP contribution in [0.2, 0.25) is 0 Å². The van der Waals surface area contributed by atoms with E-state index in [2.05, 4.69) is 5.32 Å². The van der Waals surface area contributed by atoms with Gasteiger partial charge in [0.25, 0.3) is 0 Å². The van der Waals surface area contributed by atoms with Crippen molar-refractivity contribution in [1.29, 1.82) is 0 Å². The van der Waals surface area contributed by atoms with Crippen LogP contribution in [0, 0.1) is 0 Å². The molecule has 1 saturated heterocycles. The standard InChI is InChI=1S/C12H15NO3/c14-11(15)12(6-7-16-9-12)13-8-10-4-2-1-3-5-10/h1-5,13H,6-9H2,(H,14,15)/t12-/m0/s1. The second kappa shape index (κ2) is 4.63. The van der Waals surface area contributed by atoms with Crippen LogP contribution in [0.1, 0.15) is 12.0 Å². The van der Waals surface area contributed by atoms with E-state index in [1.165, 1.54) is 0 Å². The highest BCUT2D eigenvalue weighted by Gasteiger charge is 2.41. The molecule has 4 heteroatoms. The number of benzene rings is 1. The summed E-state index contributed by atoms with van der Waals surface area (Å²) in [5, 5.41) is 12.3. The summed E-state index contributed by atoms with van der Waals surface area (Å²) in [6.45, 7) is 1.31. The van der Waals surface area contributed by atoms with E-state index in [1.807, 2.05) is 30.3 Å². The molecular formula is C12H15NO3. The van der Waals surface area contributed by atoms with E-state index in [9.17, 15) is 9.90 Å². The Balaban J connectivity index is 2.00. The van der Waals surface area contributed by atoms with Crippen LogP contribution in [0.25, 0.3) is 0 Å². The van der Waals surface area contributed by atoms with Crippen molar-refractivity contribution in [3.05, 3.63) is 35.9 Å². The zero-order chi connectivity index (χ0) is 11.4. The Labute approximate surface area is 94.2 Å². The fourth-order valence-electron chi connectivity index (χ4n) is 1.82. The first kappa shape index (κ1) is 11.1. The van der Waals surface area contributed by atoms with E-state index in [0.29, 0.717) is 19.6 Å². The molecule has 1 fully saturated rings. The molecule has 2 N–H and O–H groups in total. The Morgan fingerprint density at radius 3 is 2.75 bits per heavy atom. The van der Waals surface area contributed by atoms with Gasteiger partial charge in [-0.15, -0.1) is 0 Å². The molecule has 1 atom stereocenters. The highest BCUT2D eigenvalue weighted by molar-refractivity contribution is 5.79. The molecular weight excluding hydrogens is 206 g/mol. The molecule has 16 heavy (non-hydrogen) atoms. The third-order valence-electron chi connectivity index (χ3n) is 2.90. The van der Waals surface area contributed by atoms with Gasteiger partial charge in [-0.25, -0.2) is 0 Å². The minimum absolute atomic E-state index is 0.245. The van der Waals surface area contributed by atoms with Crippen LogP contribution < -0.4 is 5.32 Å². The molecule has 2 rings (SSSR count). The van der Waals surface area contributed by atoms with Crippen LogP contribution in [-0.4, -0.2) is 29.8 Å². The number of carboxylic acids is 1. The molecule has 0 spiro atoms. The van der Waals surface area contributed by atoms with Crippen molar-refractivity contribution in [1.82, 2.24) is 5.32 Å². The first-order chi connectivity index (χ1) is 7.73. The monoisotopic (exact) mass is 221 g/mol. The molecule has 86 valence electrons. The number of rotatable bonds is 4. The van der Waals surface area contributed by atoms with Gasteiger partial charge in [0, 0.05) is 19.6 Å². The van der Waals surface area contributed by atoms with E-state index in [-0.39, 0.29) is 6.61 Å². The van der Waals surface area contributed by atoms with E-state index in [4.69, 9.17) is 4.74 Å². The Kier molecular flexibility index (Phi) is 3.22. The van der Waals surface area contributed by atoms with E-state index in [0.717, 1.165) is 5.56 Å². The fraction of sp³-hybridized carbons (Fsp3) is 0.417. The number of hydrogen-bond acceptors (Lipinski definition) is 3. The van der Waals surface area contributed by atoms with Crippen molar-refractivity contribution in [3.63, 3.8) is 0 Å². The number of hydrogen-bond donors (Lipinski definition) is 2. The quantitative estimate of drug-likeness (QED) is 0.797. The second-order valence-electron chi connectivity index (χ2n) is 4.03. The van der Waals surface area contributed by atoms with E-state index < -0.39 is 11.5 Å².